The summed E-state index contributed by atoms with van der Waals surface area (Å²) in [4.78, 5) is 4.66. The van der Waals surface area contributed by atoms with Crippen molar-refractivity contribution in [1.29, 1.82) is 0 Å². The third kappa shape index (κ3) is 5.66. The van der Waals surface area contributed by atoms with Gasteiger partial charge in [-0.1, -0.05) is 13.0 Å². The fourth-order valence-electron chi connectivity index (χ4n) is 2.98. The number of nitrogens with zero attached hydrogens (tertiary/aromatic N) is 6. The Hall–Kier alpha value is -2.17. The molecule has 0 amide bonds. The molecular weight excluding hydrogens is 467 g/mol. The summed E-state index contributed by atoms with van der Waals surface area (Å²) in [6.45, 7) is 11.3. The largest absolute Gasteiger partial charge is 0.357 e. The van der Waals surface area contributed by atoms with E-state index in [2.05, 4.69) is 62.4 Å². The van der Waals surface area contributed by atoms with Crippen LogP contribution in [0.1, 0.15) is 31.1 Å². The van der Waals surface area contributed by atoms with Crippen molar-refractivity contribution >= 4 is 35.6 Å². The molecule has 9 heteroatoms. The van der Waals surface area contributed by atoms with Crippen molar-refractivity contribution in [2.24, 2.45) is 10.9 Å². The highest BCUT2D eigenvalue weighted by molar-refractivity contribution is 14.0. The molecule has 0 radical (unpaired) electrons. The minimum Gasteiger partial charge on any atom is -0.357 e. The summed E-state index contributed by atoms with van der Waals surface area (Å²) in [6, 6.07) is 7.96. The highest BCUT2D eigenvalue weighted by atomic mass is 127. The van der Waals surface area contributed by atoms with Gasteiger partial charge >= 0.3 is 0 Å². The molecule has 3 aromatic heterocycles. The van der Waals surface area contributed by atoms with E-state index in [1.54, 1.807) is 0 Å². The molecule has 0 aliphatic rings. The van der Waals surface area contributed by atoms with E-state index in [0.29, 0.717) is 12.5 Å². The molecule has 1 unspecified atom stereocenters. The zero-order valence-corrected chi connectivity index (χ0v) is 19.2. The Labute approximate surface area is 182 Å². The first-order valence-corrected chi connectivity index (χ1v) is 9.38. The number of hydrogen-bond donors (Lipinski definition) is 2. The Kier molecular flexibility index (Phi) is 8.21. The molecule has 1 atom stereocenters. The van der Waals surface area contributed by atoms with Crippen LogP contribution in [0.25, 0.3) is 5.65 Å². The van der Waals surface area contributed by atoms with Crippen LogP contribution in [0.3, 0.4) is 0 Å². The number of pyridine rings is 1. The number of halogens is 1. The van der Waals surface area contributed by atoms with E-state index in [9.17, 15) is 0 Å². The molecule has 0 aliphatic carbocycles. The normalized spacial score (nSPS) is 12.6. The number of hydrogen-bond acceptors (Lipinski definition) is 4. The Bertz CT molecular complexity index is 914. The second-order valence-corrected chi connectivity index (χ2v) is 6.84. The van der Waals surface area contributed by atoms with Gasteiger partial charge in [0.2, 0.25) is 0 Å². The van der Waals surface area contributed by atoms with Crippen LogP contribution in [-0.2, 0) is 13.1 Å². The van der Waals surface area contributed by atoms with Crippen LogP contribution in [0.5, 0.6) is 0 Å². The summed E-state index contributed by atoms with van der Waals surface area (Å²) in [5.74, 6) is 2.02. The fourth-order valence-corrected chi connectivity index (χ4v) is 2.98. The lowest BCUT2D eigenvalue weighted by molar-refractivity contribution is 0.436. The lowest BCUT2D eigenvalue weighted by atomic mass is 10.2. The molecule has 3 rings (SSSR count). The maximum absolute atomic E-state index is 4.66. The van der Waals surface area contributed by atoms with Crippen molar-refractivity contribution in [3.63, 3.8) is 0 Å². The van der Waals surface area contributed by atoms with Gasteiger partial charge in [-0.2, -0.15) is 5.10 Å². The van der Waals surface area contributed by atoms with E-state index < -0.39 is 0 Å². The number of nitrogens with one attached hydrogen (secondary N) is 2. The number of aryl methyl sites for hydroxylation is 2. The van der Waals surface area contributed by atoms with Crippen LogP contribution in [0.4, 0.5) is 0 Å². The molecule has 0 saturated heterocycles. The molecule has 0 aromatic carbocycles. The molecule has 0 saturated carbocycles. The van der Waals surface area contributed by atoms with Gasteiger partial charge in [0.1, 0.15) is 6.54 Å². The zero-order valence-electron chi connectivity index (χ0n) is 16.9. The molecule has 3 heterocycles. The molecule has 0 bridgehead atoms. The van der Waals surface area contributed by atoms with Crippen molar-refractivity contribution in [3.8, 4) is 0 Å². The summed E-state index contributed by atoms with van der Waals surface area (Å²) in [6.07, 6.45) is 1.96. The van der Waals surface area contributed by atoms with Crippen molar-refractivity contribution in [3.05, 3.63) is 47.7 Å². The minimum absolute atomic E-state index is 0. The molecule has 8 nitrogen and oxygen atoms in total. The highest BCUT2D eigenvalue weighted by Gasteiger charge is 2.09. The van der Waals surface area contributed by atoms with Gasteiger partial charge in [-0.05, 0) is 44.9 Å². The van der Waals surface area contributed by atoms with E-state index in [1.165, 1.54) is 5.69 Å². The number of rotatable bonds is 7. The summed E-state index contributed by atoms with van der Waals surface area (Å²) in [5.41, 5.74) is 3.08. The second-order valence-electron chi connectivity index (χ2n) is 6.84. The Morgan fingerprint density at radius 3 is 2.75 bits per heavy atom. The van der Waals surface area contributed by atoms with Crippen molar-refractivity contribution < 1.29 is 0 Å². The molecular formula is C19H29IN8. The van der Waals surface area contributed by atoms with Gasteiger partial charge in [-0.15, -0.1) is 34.2 Å². The van der Waals surface area contributed by atoms with Gasteiger partial charge in [0.25, 0.3) is 0 Å². The van der Waals surface area contributed by atoms with Gasteiger partial charge in [0.05, 0.1) is 5.69 Å². The van der Waals surface area contributed by atoms with E-state index in [0.717, 1.165) is 42.8 Å². The quantitative estimate of drug-likeness (QED) is 0.299. The van der Waals surface area contributed by atoms with Gasteiger partial charge in [0.15, 0.2) is 17.4 Å². The van der Waals surface area contributed by atoms with Crippen LogP contribution in [0.2, 0.25) is 0 Å². The van der Waals surface area contributed by atoms with E-state index in [1.807, 2.05) is 35.7 Å². The maximum Gasteiger partial charge on any atom is 0.191 e. The number of guanidine groups is 1. The second kappa shape index (κ2) is 10.4. The maximum atomic E-state index is 4.66. The topological polar surface area (TPSA) is 84.4 Å². The first-order chi connectivity index (χ1) is 13.1. The molecule has 0 spiro atoms. The lowest BCUT2D eigenvalue weighted by Crippen LogP contribution is -2.40. The zero-order chi connectivity index (χ0) is 19.2. The molecule has 0 fully saturated rings. The first-order valence-electron chi connectivity index (χ1n) is 9.38. The van der Waals surface area contributed by atoms with Gasteiger partial charge in [-0.25, -0.2) is 4.99 Å². The standard InChI is InChI=1S/C19H28N8.HI/c1-5-20-19(21-11-14(2)13-27-16(4)10-15(3)25-27)22-12-18-24-23-17-8-6-7-9-26(17)18;/h6-10,14H,5,11-13H2,1-4H3,(H2,20,21,22);1H. The predicted molar refractivity (Wildman–Crippen MR) is 122 cm³/mol. The minimum atomic E-state index is 0. The third-order valence-electron chi connectivity index (χ3n) is 4.31. The Balaban J connectivity index is 0.00000280. The van der Waals surface area contributed by atoms with Gasteiger partial charge < -0.3 is 10.6 Å². The van der Waals surface area contributed by atoms with Gasteiger partial charge in [0, 0.05) is 31.5 Å². The van der Waals surface area contributed by atoms with Crippen LogP contribution < -0.4 is 10.6 Å². The molecule has 2 N–H and O–H groups in total. The van der Waals surface area contributed by atoms with Crippen molar-refractivity contribution in [2.75, 3.05) is 13.1 Å². The van der Waals surface area contributed by atoms with E-state index in [4.69, 9.17) is 0 Å². The number of fused-ring (bicyclic) bond motifs is 1. The highest BCUT2D eigenvalue weighted by Crippen LogP contribution is 2.06. The average Bonchev–Trinajstić information content (AvgIpc) is 3.20. The fraction of sp³-hybridized carbons (Fsp3) is 0.474. The van der Waals surface area contributed by atoms with E-state index in [-0.39, 0.29) is 24.0 Å². The first kappa shape index (κ1) is 22.1. The monoisotopic (exact) mass is 496 g/mol. The van der Waals surface area contributed by atoms with Crippen molar-refractivity contribution in [1.82, 2.24) is 35.0 Å². The average molecular weight is 496 g/mol. The number of aliphatic imine (C=N–C) groups is 1. The smallest absolute Gasteiger partial charge is 0.191 e. The number of aromatic nitrogens is 5. The molecule has 28 heavy (non-hydrogen) atoms. The SMILES string of the molecule is CCNC(=NCc1nnc2ccccn12)NCC(C)Cn1nc(C)cc1C.I. The third-order valence-corrected chi connectivity index (χ3v) is 4.31. The molecule has 3 aromatic rings. The summed E-state index contributed by atoms with van der Waals surface area (Å²) in [7, 11) is 0. The molecule has 152 valence electrons. The lowest BCUT2D eigenvalue weighted by Gasteiger charge is -2.16. The van der Waals surface area contributed by atoms with Crippen LogP contribution in [0, 0.1) is 19.8 Å². The molecule has 0 aliphatic heterocycles. The Morgan fingerprint density at radius 1 is 1.21 bits per heavy atom. The van der Waals surface area contributed by atoms with Crippen LogP contribution in [0.15, 0.2) is 35.5 Å². The Morgan fingerprint density at radius 2 is 2.04 bits per heavy atom. The van der Waals surface area contributed by atoms with E-state index >= 15 is 0 Å². The summed E-state index contributed by atoms with van der Waals surface area (Å²) < 4.78 is 4.02. The van der Waals surface area contributed by atoms with Crippen molar-refractivity contribution in [2.45, 2.75) is 40.8 Å². The van der Waals surface area contributed by atoms with Crippen LogP contribution >= 0.6 is 24.0 Å². The van der Waals surface area contributed by atoms with Crippen LogP contribution in [-0.4, -0.2) is 43.4 Å². The summed E-state index contributed by atoms with van der Waals surface area (Å²) >= 11 is 0. The predicted octanol–water partition coefficient (Wildman–Crippen LogP) is 2.55. The summed E-state index contributed by atoms with van der Waals surface area (Å²) in [5, 5.41) is 19.6. The van der Waals surface area contributed by atoms with Gasteiger partial charge in [-0.3, -0.25) is 9.08 Å².